The van der Waals surface area contributed by atoms with Crippen molar-refractivity contribution >= 4 is 29.4 Å². The average Bonchev–Trinajstić information content (AvgIpc) is 2.98. The number of carbonyl (C=O) groups excluding carboxylic acids is 1. The van der Waals surface area contributed by atoms with Crippen LogP contribution in [0.25, 0.3) is 5.69 Å². The molecule has 2 aliphatic rings. The molecule has 0 radical (unpaired) electrons. The van der Waals surface area contributed by atoms with Crippen molar-refractivity contribution < 1.29 is 4.79 Å². The predicted molar refractivity (Wildman–Crippen MR) is 120 cm³/mol. The number of aromatic nitrogens is 2. The van der Waals surface area contributed by atoms with Gasteiger partial charge in [0.05, 0.1) is 22.0 Å². The standard InChI is InChI=1S/C22H27N3O2S2/c1-15-11-16(2)13-17(12-15)25-21(27)20-18(7-10-28-20)23-22(25)29-14-19(26)24-8-5-3-4-6-9-24/h11-13H,3-10,14H2,1-2H3. The summed E-state index contributed by atoms with van der Waals surface area (Å²) >= 11 is 2.98. The van der Waals surface area contributed by atoms with E-state index in [0.717, 1.165) is 65.5 Å². The summed E-state index contributed by atoms with van der Waals surface area (Å²) in [5.41, 5.74) is 3.92. The van der Waals surface area contributed by atoms with Crippen LogP contribution in [0.2, 0.25) is 0 Å². The number of benzene rings is 1. The second kappa shape index (κ2) is 8.96. The number of rotatable bonds is 4. The summed E-state index contributed by atoms with van der Waals surface area (Å²) in [4.78, 5) is 33.6. The number of aryl methyl sites for hydroxylation is 3. The van der Waals surface area contributed by atoms with Gasteiger partial charge in [-0.05, 0) is 49.9 Å². The summed E-state index contributed by atoms with van der Waals surface area (Å²) in [6.45, 7) is 5.76. The first-order valence-corrected chi connectivity index (χ1v) is 12.3. The Morgan fingerprint density at radius 2 is 1.79 bits per heavy atom. The van der Waals surface area contributed by atoms with Gasteiger partial charge in [-0.2, -0.15) is 0 Å². The van der Waals surface area contributed by atoms with Crippen LogP contribution in [-0.4, -0.2) is 45.0 Å². The maximum Gasteiger partial charge on any atom is 0.272 e. The first-order chi connectivity index (χ1) is 14.0. The molecule has 0 bridgehead atoms. The Morgan fingerprint density at radius 3 is 2.48 bits per heavy atom. The summed E-state index contributed by atoms with van der Waals surface area (Å²) in [5.74, 6) is 1.36. The minimum absolute atomic E-state index is 0.00720. The highest BCUT2D eigenvalue weighted by Gasteiger charge is 2.24. The van der Waals surface area contributed by atoms with Gasteiger partial charge in [0.2, 0.25) is 5.91 Å². The van der Waals surface area contributed by atoms with Gasteiger partial charge < -0.3 is 4.90 Å². The van der Waals surface area contributed by atoms with E-state index in [1.165, 1.54) is 24.6 Å². The SMILES string of the molecule is Cc1cc(C)cc(-n2c(SCC(=O)N3CCCCCC3)nc3c(c2=O)SCC3)c1. The summed E-state index contributed by atoms with van der Waals surface area (Å²) in [6, 6.07) is 6.13. The van der Waals surface area contributed by atoms with Crippen LogP contribution in [0, 0.1) is 13.8 Å². The molecule has 5 nitrogen and oxygen atoms in total. The highest BCUT2D eigenvalue weighted by Crippen LogP contribution is 2.30. The minimum Gasteiger partial charge on any atom is -0.342 e. The zero-order valence-corrected chi connectivity index (χ0v) is 18.7. The van der Waals surface area contributed by atoms with E-state index in [0.29, 0.717) is 10.9 Å². The molecule has 0 N–H and O–H groups in total. The van der Waals surface area contributed by atoms with Crippen molar-refractivity contribution in [2.45, 2.75) is 56.0 Å². The van der Waals surface area contributed by atoms with Gasteiger partial charge in [-0.15, -0.1) is 11.8 Å². The molecule has 1 saturated heterocycles. The zero-order chi connectivity index (χ0) is 20.4. The Kier molecular flexibility index (Phi) is 6.35. The van der Waals surface area contributed by atoms with E-state index >= 15 is 0 Å². The van der Waals surface area contributed by atoms with E-state index < -0.39 is 0 Å². The number of likely N-dealkylation sites (tertiary alicyclic amines) is 1. The van der Waals surface area contributed by atoms with E-state index in [1.54, 1.807) is 16.3 Å². The number of hydrogen-bond acceptors (Lipinski definition) is 5. The van der Waals surface area contributed by atoms with Crippen LogP contribution in [0.4, 0.5) is 0 Å². The molecule has 0 unspecified atom stereocenters. The molecule has 1 aromatic carbocycles. The second-order valence-electron chi connectivity index (χ2n) is 7.84. The number of carbonyl (C=O) groups is 1. The van der Waals surface area contributed by atoms with Gasteiger partial charge in [0.25, 0.3) is 5.56 Å². The smallest absolute Gasteiger partial charge is 0.272 e. The Labute approximate surface area is 180 Å². The molecule has 0 aliphatic carbocycles. The molecule has 1 fully saturated rings. The molecular formula is C22H27N3O2S2. The fraction of sp³-hybridized carbons (Fsp3) is 0.500. The third kappa shape index (κ3) is 4.56. The van der Waals surface area contributed by atoms with Crippen LogP contribution >= 0.6 is 23.5 Å². The van der Waals surface area contributed by atoms with Crippen molar-refractivity contribution in [2.75, 3.05) is 24.6 Å². The lowest BCUT2D eigenvalue weighted by atomic mass is 10.1. The normalized spacial score (nSPS) is 16.6. The van der Waals surface area contributed by atoms with E-state index in [-0.39, 0.29) is 11.5 Å². The van der Waals surface area contributed by atoms with Gasteiger partial charge in [-0.1, -0.05) is 30.7 Å². The molecule has 0 saturated carbocycles. The van der Waals surface area contributed by atoms with Crippen LogP contribution in [0.3, 0.4) is 0 Å². The molecule has 2 aliphatic heterocycles. The molecule has 1 amide bonds. The van der Waals surface area contributed by atoms with Crippen LogP contribution < -0.4 is 5.56 Å². The van der Waals surface area contributed by atoms with E-state index in [1.807, 2.05) is 30.9 Å². The maximum atomic E-state index is 13.3. The van der Waals surface area contributed by atoms with Gasteiger partial charge >= 0.3 is 0 Å². The molecule has 154 valence electrons. The lowest BCUT2D eigenvalue weighted by Gasteiger charge is -2.20. The average molecular weight is 430 g/mol. The number of thioether (sulfide) groups is 2. The summed E-state index contributed by atoms with van der Waals surface area (Å²) in [7, 11) is 0. The Morgan fingerprint density at radius 1 is 1.10 bits per heavy atom. The van der Waals surface area contributed by atoms with Crippen molar-refractivity contribution in [2.24, 2.45) is 0 Å². The van der Waals surface area contributed by atoms with Crippen LogP contribution in [0.1, 0.15) is 42.5 Å². The highest BCUT2D eigenvalue weighted by atomic mass is 32.2. The monoisotopic (exact) mass is 429 g/mol. The molecule has 4 rings (SSSR count). The third-order valence-corrected chi connectivity index (χ3v) is 7.45. The zero-order valence-electron chi connectivity index (χ0n) is 17.1. The van der Waals surface area contributed by atoms with Crippen LogP contribution in [0.5, 0.6) is 0 Å². The first kappa shape index (κ1) is 20.5. The summed E-state index contributed by atoms with van der Waals surface area (Å²) in [6.07, 6.45) is 5.38. The summed E-state index contributed by atoms with van der Waals surface area (Å²) < 4.78 is 1.71. The molecule has 1 aromatic heterocycles. The molecule has 0 atom stereocenters. The topological polar surface area (TPSA) is 55.2 Å². The van der Waals surface area contributed by atoms with Gasteiger partial charge in [0, 0.05) is 25.3 Å². The number of fused-ring (bicyclic) bond motifs is 1. The van der Waals surface area contributed by atoms with Crippen LogP contribution in [-0.2, 0) is 11.2 Å². The van der Waals surface area contributed by atoms with Gasteiger partial charge in [-0.25, -0.2) is 4.98 Å². The maximum absolute atomic E-state index is 13.3. The number of nitrogens with zero attached hydrogens (tertiary/aromatic N) is 3. The molecule has 3 heterocycles. The lowest BCUT2D eigenvalue weighted by molar-refractivity contribution is -0.128. The van der Waals surface area contributed by atoms with Gasteiger partial charge in [-0.3, -0.25) is 14.2 Å². The molecule has 2 aromatic rings. The Bertz CT molecular complexity index is 959. The van der Waals surface area contributed by atoms with Crippen molar-refractivity contribution in [1.82, 2.24) is 14.5 Å². The van der Waals surface area contributed by atoms with Crippen LogP contribution in [0.15, 0.2) is 33.0 Å². The van der Waals surface area contributed by atoms with E-state index in [2.05, 4.69) is 6.07 Å². The molecular weight excluding hydrogens is 402 g/mol. The quantitative estimate of drug-likeness (QED) is 0.543. The second-order valence-corrected chi connectivity index (χ2v) is 9.89. The third-order valence-electron chi connectivity index (χ3n) is 5.41. The van der Waals surface area contributed by atoms with Crippen molar-refractivity contribution in [3.8, 4) is 5.69 Å². The van der Waals surface area contributed by atoms with Gasteiger partial charge in [0.1, 0.15) is 0 Å². The molecule has 7 heteroatoms. The van der Waals surface area contributed by atoms with Crippen molar-refractivity contribution in [3.05, 3.63) is 45.4 Å². The number of amides is 1. The Hall–Kier alpha value is -1.73. The summed E-state index contributed by atoms with van der Waals surface area (Å²) in [5, 5.41) is 0.629. The Balaban J connectivity index is 1.66. The van der Waals surface area contributed by atoms with Crippen molar-refractivity contribution in [1.29, 1.82) is 0 Å². The molecule has 29 heavy (non-hydrogen) atoms. The predicted octanol–water partition coefficient (Wildman–Crippen LogP) is 3.99. The van der Waals surface area contributed by atoms with E-state index in [9.17, 15) is 9.59 Å². The highest BCUT2D eigenvalue weighted by molar-refractivity contribution is 8.00. The van der Waals surface area contributed by atoms with Gasteiger partial charge in [0.15, 0.2) is 5.16 Å². The number of hydrogen-bond donors (Lipinski definition) is 0. The first-order valence-electron chi connectivity index (χ1n) is 10.3. The molecule has 0 spiro atoms. The minimum atomic E-state index is -0.00720. The fourth-order valence-electron chi connectivity index (χ4n) is 4.03. The fourth-order valence-corrected chi connectivity index (χ4v) is 5.99. The van der Waals surface area contributed by atoms with Crippen molar-refractivity contribution in [3.63, 3.8) is 0 Å². The van der Waals surface area contributed by atoms with E-state index in [4.69, 9.17) is 4.98 Å². The largest absolute Gasteiger partial charge is 0.342 e. The lowest BCUT2D eigenvalue weighted by Crippen LogP contribution is -2.33.